The van der Waals surface area contributed by atoms with Crippen molar-refractivity contribution in [3.63, 3.8) is 0 Å². The SMILES string of the molecule is Fc1ccc2c(c1)C(Cl)=C(/C=N/NC(=S)Nc1cc(Cl)ccc1Cl)CS2. The molecule has 0 fully saturated rings. The van der Waals surface area contributed by atoms with Gasteiger partial charge in [0.05, 0.1) is 22.0 Å². The van der Waals surface area contributed by atoms with Crippen molar-refractivity contribution >= 4 is 80.8 Å². The summed E-state index contributed by atoms with van der Waals surface area (Å²) in [5.74, 6) is 0.297. The molecule has 0 radical (unpaired) electrons. The Balaban J connectivity index is 1.67. The summed E-state index contributed by atoms with van der Waals surface area (Å²) >= 11 is 25.1. The van der Waals surface area contributed by atoms with E-state index in [0.717, 1.165) is 10.5 Å². The van der Waals surface area contributed by atoms with Crippen LogP contribution in [0.5, 0.6) is 0 Å². The van der Waals surface area contributed by atoms with Crippen molar-refractivity contribution in [3.8, 4) is 0 Å². The summed E-state index contributed by atoms with van der Waals surface area (Å²) in [5, 5.41) is 8.73. The standard InChI is InChI=1S/C17H11Cl3FN3S2/c18-10-1-3-13(19)14(5-10)23-17(25)24-22-7-9-8-26-15-4-2-11(21)6-12(15)16(9)20/h1-7H,8H2,(H2,23,24,25)/b22-7+. The van der Waals surface area contributed by atoms with Crippen molar-refractivity contribution in [1.82, 2.24) is 5.43 Å². The maximum atomic E-state index is 13.4. The summed E-state index contributed by atoms with van der Waals surface area (Å²) in [6.45, 7) is 0. The number of nitrogens with zero attached hydrogens (tertiary/aromatic N) is 1. The van der Waals surface area contributed by atoms with E-state index in [9.17, 15) is 4.39 Å². The topological polar surface area (TPSA) is 36.4 Å². The highest BCUT2D eigenvalue weighted by Gasteiger charge is 2.17. The van der Waals surface area contributed by atoms with Gasteiger partial charge in [-0.2, -0.15) is 5.10 Å². The maximum Gasteiger partial charge on any atom is 0.191 e. The van der Waals surface area contributed by atoms with Crippen molar-refractivity contribution in [2.24, 2.45) is 5.10 Å². The van der Waals surface area contributed by atoms with Crippen LogP contribution in [0.3, 0.4) is 0 Å². The quantitative estimate of drug-likeness (QED) is 0.336. The van der Waals surface area contributed by atoms with Gasteiger partial charge in [-0.3, -0.25) is 5.43 Å². The molecule has 26 heavy (non-hydrogen) atoms. The molecule has 1 aliphatic rings. The molecule has 0 bridgehead atoms. The largest absolute Gasteiger partial charge is 0.330 e. The summed E-state index contributed by atoms with van der Waals surface area (Å²) < 4.78 is 13.4. The van der Waals surface area contributed by atoms with Crippen LogP contribution in [0.1, 0.15) is 5.56 Å². The number of anilines is 1. The minimum atomic E-state index is -0.331. The number of hydrogen-bond donors (Lipinski definition) is 2. The molecule has 0 aliphatic carbocycles. The number of rotatable bonds is 3. The minimum Gasteiger partial charge on any atom is -0.330 e. The van der Waals surface area contributed by atoms with Gasteiger partial charge in [-0.1, -0.05) is 34.8 Å². The Kier molecular flexibility index (Phi) is 6.42. The first-order valence-electron chi connectivity index (χ1n) is 7.30. The molecule has 1 heterocycles. The van der Waals surface area contributed by atoms with Crippen molar-refractivity contribution in [1.29, 1.82) is 0 Å². The summed E-state index contributed by atoms with van der Waals surface area (Å²) in [5.41, 5.74) is 4.70. The second kappa shape index (κ2) is 8.59. The van der Waals surface area contributed by atoms with Gasteiger partial charge in [-0.25, -0.2) is 4.39 Å². The fourth-order valence-electron chi connectivity index (χ4n) is 2.20. The molecule has 134 valence electrons. The van der Waals surface area contributed by atoms with Crippen LogP contribution in [-0.4, -0.2) is 17.1 Å². The number of halogens is 4. The monoisotopic (exact) mass is 445 g/mol. The van der Waals surface area contributed by atoms with Crippen LogP contribution < -0.4 is 10.7 Å². The van der Waals surface area contributed by atoms with Gasteiger partial charge < -0.3 is 5.32 Å². The Bertz CT molecular complexity index is 931. The van der Waals surface area contributed by atoms with Crippen LogP contribution in [0, 0.1) is 5.82 Å². The van der Waals surface area contributed by atoms with Gasteiger partial charge >= 0.3 is 0 Å². The average Bonchev–Trinajstić information content (AvgIpc) is 2.60. The second-order valence-corrected chi connectivity index (χ2v) is 7.86. The molecule has 0 spiro atoms. The molecule has 0 aromatic heterocycles. The lowest BCUT2D eigenvalue weighted by Gasteiger charge is -2.17. The smallest absolute Gasteiger partial charge is 0.191 e. The molecule has 0 atom stereocenters. The lowest BCUT2D eigenvalue weighted by molar-refractivity contribution is 0.626. The van der Waals surface area contributed by atoms with E-state index < -0.39 is 0 Å². The molecule has 2 N–H and O–H groups in total. The fraction of sp³-hybridized carbons (Fsp3) is 0.0588. The van der Waals surface area contributed by atoms with Crippen LogP contribution in [0.2, 0.25) is 10.0 Å². The maximum absolute atomic E-state index is 13.4. The lowest BCUT2D eigenvalue weighted by atomic mass is 10.1. The molecule has 3 nitrogen and oxygen atoms in total. The highest BCUT2D eigenvalue weighted by molar-refractivity contribution is 7.99. The Hall–Kier alpha value is -1.31. The number of benzene rings is 2. The Morgan fingerprint density at radius 3 is 2.81 bits per heavy atom. The Morgan fingerprint density at radius 1 is 1.19 bits per heavy atom. The van der Waals surface area contributed by atoms with Crippen LogP contribution in [0.15, 0.2) is 52.0 Å². The molecule has 2 aromatic rings. The molecule has 0 saturated heterocycles. The second-order valence-electron chi connectivity index (χ2n) is 5.22. The third-order valence-corrected chi connectivity index (χ3v) is 5.73. The first-order chi connectivity index (χ1) is 12.4. The number of fused-ring (bicyclic) bond motifs is 1. The van der Waals surface area contributed by atoms with E-state index in [1.807, 2.05) is 0 Å². The normalized spacial score (nSPS) is 13.7. The average molecular weight is 447 g/mol. The van der Waals surface area contributed by atoms with Crippen molar-refractivity contribution < 1.29 is 4.39 Å². The first kappa shape index (κ1) is 19.5. The third kappa shape index (κ3) is 4.69. The molecule has 2 aromatic carbocycles. The third-order valence-electron chi connectivity index (χ3n) is 3.41. The van der Waals surface area contributed by atoms with Crippen molar-refractivity contribution in [2.75, 3.05) is 11.1 Å². The van der Waals surface area contributed by atoms with Crippen LogP contribution in [-0.2, 0) is 0 Å². The van der Waals surface area contributed by atoms with E-state index in [0.29, 0.717) is 32.1 Å². The van der Waals surface area contributed by atoms with E-state index in [4.69, 9.17) is 47.0 Å². The summed E-state index contributed by atoms with van der Waals surface area (Å²) in [6.07, 6.45) is 1.57. The van der Waals surface area contributed by atoms with Crippen molar-refractivity contribution in [2.45, 2.75) is 4.90 Å². The number of nitrogens with one attached hydrogen (secondary N) is 2. The molecule has 9 heteroatoms. The van der Waals surface area contributed by atoms with E-state index in [-0.39, 0.29) is 10.9 Å². The number of hydrogen-bond acceptors (Lipinski definition) is 3. The molecule has 1 aliphatic heterocycles. The molecule has 0 saturated carbocycles. The lowest BCUT2D eigenvalue weighted by Crippen LogP contribution is -2.24. The molecular formula is C17H11Cl3FN3S2. The van der Waals surface area contributed by atoms with Gasteiger partial charge in [-0.15, -0.1) is 11.8 Å². The number of thiocarbonyl (C=S) groups is 1. The zero-order chi connectivity index (χ0) is 18.7. The van der Waals surface area contributed by atoms with Gasteiger partial charge in [-0.05, 0) is 48.6 Å². The predicted octanol–water partition coefficient (Wildman–Crippen LogP) is 6.16. The van der Waals surface area contributed by atoms with Gasteiger partial charge in [0, 0.05) is 26.8 Å². The van der Waals surface area contributed by atoms with Gasteiger partial charge in [0.25, 0.3) is 0 Å². The van der Waals surface area contributed by atoms with E-state index in [1.165, 1.54) is 12.1 Å². The molecular weight excluding hydrogens is 436 g/mol. The highest BCUT2D eigenvalue weighted by atomic mass is 35.5. The zero-order valence-corrected chi connectivity index (χ0v) is 16.9. The van der Waals surface area contributed by atoms with E-state index in [1.54, 1.807) is 42.2 Å². The molecule has 0 amide bonds. The van der Waals surface area contributed by atoms with Crippen LogP contribution in [0.25, 0.3) is 5.03 Å². The number of hydrazone groups is 1. The zero-order valence-electron chi connectivity index (χ0n) is 13.0. The van der Waals surface area contributed by atoms with Crippen molar-refractivity contribution in [3.05, 3.63) is 63.4 Å². The highest BCUT2D eigenvalue weighted by Crippen LogP contribution is 2.38. The van der Waals surface area contributed by atoms with Crippen LogP contribution >= 0.6 is 58.8 Å². The molecule has 0 unspecified atom stereocenters. The van der Waals surface area contributed by atoms with E-state index in [2.05, 4.69) is 15.8 Å². The first-order valence-corrected chi connectivity index (χ1v) is 9.83. The van der Waals surface area contributed by atoms with Crippen LogP contribution in [0.4, 0.5) is 10.1 Å². The fourth-order valence-corrected chi connectivity index (χ4v) is 4.12. The summed E-state index contributed by atoms with van der Waals surface area (Å²) in [4.78, 5) is 0.939. The number of thioether (sulfide) groups is 1. The Morgan fingerprint density at radius 2 is 2.00 bits per heavy atom. The summed E-state index contributed by atoms with van der Waals surface area (Å²) in [6, 6.07) is 9.56. The van der Waals surface area contributed by atoms with Gasteiger partial charge in [0.15, 0.2) is 5.11 Å². The van der Waals surface area contributed by atoms with Gasteiger partial charge in [0.1, 0.15) is 5.82 Å². The summed E-state index contributed by atoms with van der Waals surface area (Å²) in [7, 11) is 0. The predicted molar refractivity (Wildman–Crippen MR) is 114 cm³/mol. The minimum absolute atomic E-state index is 0.247. The molecule has 3 rings (SSSR count). The Labute approximate surface area is 174 Å². The van der Waals surface area contributed by atoms with E-state index >= 15 is 0 Å². The van der Waals surface area contributed by atoms with Gasteiger partial charge in [0.2, 0.25) is 0 Å².